The monoisotopic (exact) mass is 330 g/mol. The summed E-state index contributed by atoms with van der Waals surface area (Å²) < 4.78 is 14.2. The van der Waals surface area contributed by atoms with Gasteiger partial charge in [-0.2, -0.15) is 0 Å². The highest BCUT2D eigenvalue weighted by molar-refractivity contribution is 6.03. The second-order valence-electron chi connectivity index (χ2n) is 7.88. The summed E-state index contributed by atoms with van der Waals surface area (Å²) in [6.45, 7) is 0.995. The van der Waals surface area contributed by atoms with E-state index < -0.39 is 11.9 Å². The van der Waals surface area contributed by atoms with Crippen LogP contribution in [0.3, 0.4) is 0 Å². The van der Waals surface area contributed by atoms with Crippen LogP contribution in [0.4, 0.5) is 0 Å². The SMILES string of the molecule is CO[C@]12C[C@]3(CCC4=[N+](C)CCc5cc(O)c(c3c54)O1)CC[C@@H]2O. The van der Waals surface area contributed by atoms with E-state index in [4.69, 9.17) is 9.47 Å². The Hall–Kier alpha value is -1.59. The Kier molecular flexibility index (Phi) is 2.78. The fraction of sp³-hybridized carbons (Fsp3) is 0.632. The molecule has 5 heteroatoms. The number of aromatic hydroxyl groups is 1. The Labute approximate surface area is 141 Å². The lowest BCUT2D eigenvalue weighted by molar-refractivity contribution is -0.499. The quantitative estimate of drug-likeness (QED) is 0.769. The predicted molar refractivity (Wildman–Crippen MR) is 88.1 cm³/mol. The number of ether oxygens (including phenoxy) is 2. The molecule has 1 spiro atoms. The minimum Gasteiger partial charge on any atom is -0.504 e. The van der Waals surface area contributed by atoms with E-state index in [0.717, 1.165) is 32.2 Å². The van der Waals surface area contributed by atoms with Crippen molar-refractivity contribution in [2.45, 2.75) is 55.8 Å². The second-order valence-corrected chi connectivity index (χ2v) is 7.88. The highest BCUT2D eigenvalue weighted by atomic mass is 16.7. The van der Waals surface area contributed by atoms with Gasteiger partial charge in [-0.3, -0.25) is 0 Å². The van der Waals surface area contributed by atoms with E-state index in [9.17, 15) is 10.2 Å². The van der Waals surface area contributed by atoms with Crippen molar-refractivity contribution in [3.63, 3.8) is 0 Å². The Morgan fingerprint density at radius 2 is 2.17 bits per heavy atom. The predicted octanol–water partition coefficient (Wildman–Crippen LogP) is 1.69. The zero-order valence-corrected chi connectivity index (χ0v) is 14.3. The second kappa shape index (κ2) is 4.52. The topological polar surface area (TPSA) is 61.9 Å². The molecule has 3 atom stereocenters. The summed E-state index contributed by atoms with van der Waals surface area (Å²) in [4.78, 5) is 0. The molecule has 0 amide bonds. The van der Waals surface area contributed by atoms with E-state index >= 15 is 0 Å². The summed E-state index contributed by atoms with van der Waals surface area (Å²) >= 11 is 0. The summed E-state index contributed by atoms with van der Waals surface area (Å²) in [6.07, 6.45) is 4.60. The van der Waals surface area contributed by atoms with Crippen LogP contribution in [0.15, 0.2) is 6.07 Å². The van der Waals surface area contributed by atoms with E-state index in [0.29, 0.717) is 18.6 Å². The third-order valence-electron chi connectivity index (χ3n) is 6.79. The van der Waals surface area contributed by atoms with Crippen molar-refractivity contribution < 1.29 is 24.3 Å². The summed E-state index contributed by atoms with van der Waals surface area (Å²) in [7, 11) is 3.75. The van der Waals surface area contributed by atoms with Crippen LogP contribution in [-0.2, 0) is 16.6 Å². The smallest absolute Gasteiger partial charge is 0.237 e. The number of hydrogen-bond donors (Lipinski definition) is 2. The van der Waals surface area contributed by atoms with Crippen LogP contribution >= 0.6 is 0 Å². The lowest BCUT2D eigenvalue weighted by Crippen LogP contribution is -2.61. The van der Waals surface area contributed by atoms with Crippen LogP contribution < -0.4 is 4.74 Å². The number of aliphatic hydroxyl groups is 1. The first-order valence-electron chi connectivity index (χ1n) is 8.89. The van der Waals surface area contributed by atoms with Crippen LogP contribution in [0.5, 0.6) is 11.5 Å². The van der Waals surface area contributed by atoms with E-state index in [-0.39, 0.29) is 11.2 Å². The number of aliphatic hydroxyl groups excluding tert-OH is 1. The molecule has 2 aliphatic heterocycles. The van der Waals surface area contributed by atoms with Gasteiger partial charge in [0.1, 0.15) is 19.7 Å². The molecule has 0 saturated heterocycles. The Morgan fingerprint density at radius 1 is 1.33 bits per heavy atom. The van der Waals surface area contributed by atoms with Gasteiger partial charge in [-0.15, -0.1) is 0 Å². The normalized spacial score (nSPS) is 36.2. The molecule has 1 aromatic carbocycles. The third-order valence-corrected chi connectivity index (χ3v) is 6.79. The number of phenols is 1. The van der Waals surface area contributed by atoms with Crippen molar-refractivity contribution in [3.8, 4) is 11.5 Å². The molecule has 0 aromatic heterocycles. The molecule has 24 heavy (non-hydrogen) atoms. The molecular formula is C19H24NO4+. The molecule has 2 heterocycles. The van der Waals surface area contributed by atoms with Crippen LogP contribution in [-0.4, -0.2) is 53.1 Å². The van der Waals surface area contributed by atoms with E-state index in [1.54, 1.807) is 7.11 Å². The maximum Gasteiger partial charge on any atom is 0.237 e. The molecule has 1 fully saturated rings. The first-order chi connectivity index (χ1) is 11.5. The number of nitrogens with zero attached hydrogens (tertiary/aromatic N) is 1. The zero-order chi connectivity index (χ0) is 16.7. The molecule has 0 radical (unpaired) electrons. The minimum absolute atomic E-state index is 0.0622. The third kappa shape index (κ3) is 1.60. The molecule has 5 rings (SSSR count). The number of likely N-dealkylation sites (N-methyl/N-ethyl adjacent to an activating group) is 1. The lowest BCUT2D eigenvalue weighted by Gasteiger charge is -2.55. The number of benzene rings is 1. The molecule has 1 saturated carbocycles. The van der Waals surface area contributed by atoms with Gasteiger partial charge < -0.3 is 19.7 Å². The number of methoxy groups -OCH3 is 1. The molecule has 4 aliphatic rings. The van der Waals surface area contributed by atoms with Gasteiger partial charge in [-0.1, -0.05) is 0 Å². The number of phenolic OH excluding ortho intramolecular Hbond substituents is 1. The van der Waals surface area contributed by atoms with Gasteiger partial charge >= 0.3 is 0 Å². The standard InChI is InChI=1S/C19H23NO4/c1-20-8-5-11-9-13(21)17-16-15(11)12(20)3-6-18(16)7-4-14(22)19(10-18,23-2)24-17/h9,14,22H,3-8,10H2,1-2H3/p+1/t14-,18-,19+/m0/s1. The minimum atomic E-state index is -1.03. The summed E-state index contributed by atoms with van der Waals surface area (Å²) in [6, 6.07) is 1.86. The average Bonchev–Trinajstić information content (AvgIpc) is 2.59. The van der Waals surface area contributed by atoms with Crippen LogP contribution in [0, 0.1) is 0 Å². The fourth-order valence-corrected chi connectivity index (χ4v) is 5.52. The van der Waals surface area contributed by atoms with Gasteiger partial charge in [0.15, 0.2) is 17.2 Å². The van der Waals surface area contributed by atoms with Crippen LogP contribution in [0.1, 0.15) is 48.8 Å². The van der Waals surface area contributed by atoms with Crippen molar-refractivity contribution in [3.05, 3.63) is 22.8 Å². The number of hydrogen-bond acceptors (Lipinski definition) is 4. The van der Waals surface area contributed by atoms with E-state index in [2.05, 4.69) is 11.6 Å². The molecule has 128 valence electrons. The Bertz CT molecular complexity index is 786. The molecule has 2 N–H and O–H groups in total. The Morgan fingerprint density at radius 3 is 2.96 bits per heavy atom. The van der Waals surface area contributed by atoms with Crippen molar-refractivity contribution in [2.24, 2.45) is 0 Å². The molecule has 1 aromatic rings. The highest BCUT2D eigenvalue weighted by Gasteiger charge is 2.60. The van der Waals surface area contributed by atoms with E-state index in [1.165, 1.54) is 22.4 Å². The van der Waals surface area contributed by atoms with Crippen molar-refractivity contribution in [1.29, 1.82) is 0 Å². The highest BCUT2D eigenvalue weighted by Crippen LogP contribution is 2.60. The molecule has 2 bridgehead atoms. The maximum absolute atomic E-state index is 10.7. The molecule has 0 unspecified atom stereocenters. The largest absolute Gasteiger partial charge is 0.504 e. The first kappa shape index (κ1) is 14.7. The van der Waals surface area contributed by atoms with Gasteiger partial charge in [0.05, 0.1) is 5.56 Å². The average molecular weight is 330 g/mol. The number of fused-ring (bicyclic) bond motifs is 1. The maximum atomic E-state index is 10.7. The zero-order valence-electron chi connectivity index (χ0n) is 14.3. The molecule has 5 nitrogen and oxygen atoms in total. The lowest BCUT2D eigenvalue weighted by atomic mass is 9.57. The van der Waals surface area contributed by atoms with Crippen molar-refractivity contribution >= 4 is 5.71 Å². The van der Waals surface area contributed by atoms with Crippen LogP contribution in [0.25, 0.3) is 0 Å². The number of rotatable bonds is 1. The van der Waals surface area contributed by atoms with Crippen molar-refractivity contribution in [2.75, 3.05) is 20.7 Å². The van der Waals surface area contributed by atoms with Gasteiger partial charge in [0, 0.05) is 37.4 Å². The van der Waals surface area contributed by atoms with Gasteiger partial charge in [-0.25, -0.2) is 4.58 Å². The fourth-order valence-electron chi connectivity index (χ4n) is 5.52. The van der Waals surface area contributed by atoms with Gasteiger partial charge in [0.25, 0.3) is 0 Å². The van der Waals surface area contributed by atoms with E-state index in [1.807, 2.05) is 6.07 Å². The molecular weight excluding hydrogens is 306 g/mol. The summed E-state index contributed by atoms with van der Waals surface area (Å²) in [5, 5.41) is 21.2. The Balaban J connectivity index is 1.84. The first-order valence-corrected chi connectivity index (χ1v) is 8.89. The summed E-state index contributed by atoms with van der Waals surface area (Å²) in [5.74, 6) is -0.308. The van der Waals surface area contributed by atoms with Crippen molar-refractivity contribution in [1.82, 2.24) is 0 Å². The molecule has 2 aliphatic carbocycles. The van der Waals surface area contributed by atoms with Crippen LogP contribution in [0.2, 0.25) is 0 Å². The van der Waals surface area contributed by atoms with Gasteiger partial charge in [-0.05, 0) is 30.9 Å². The van der Waals surface area contributed by atoms with Gasteiger partial charge in [0.2, 0.25) is 5.79 Å². The summed E-state index contributed by atoms with van der Waals surface area (Å²) in [5.41, 5.74) is 5.01.